The van der Waals surface area contributed by atoms with Crippen LogP contribution in [-0.4, -0.2) is 39.0 Å². The van der Waals surface area contributed by atoms with Crippen molar-refractivity contribution in [1.29, 1.82) is 0 Å². The molecule has 0 fully saturated rings. The van der Waals surface area contributed by atoms with E-state index in [1.807, 2.05) is 60.7 Å². The van der Waals surface area contributed by atoms with Crippen LogP contribution in [0.25, 0.3) is 22.3 Å². The van der Waals surface area contributed by atoms with Gasteiger partial charge in [0.15, 0.2) is 22.3 Å². The summed E-state index contributed by atoms with van der Waals surface area (Å²) in [5.41, 5.74) is -0.323. The topological polar surface area (TPSA) is 127 Å². The van der Waals surface area contributed by atoms with Gasteiger partial charge in [-0.15, -0.1) is 0 Å². The maximum atomic E-state index is 12.6. The summed E-state index contributed by atoms with van der Waals surface area (Å²) in [6, 6.07) is 18.4. The molecular weight excluding hydrogens is 570 g/mol. The Morgan fingerprint density at radius 3 is 1.29 bits per heavy atom. The van der Waals surface area contributed by atoms with Gasteiger partial charge in [0.25, 0.3) is 11.1 Å². The van der Waals surface area contributed by atoms with E-state index >= 15 is 0 Å². The van der Waals surface area contributed by atoms with Crippen molar-refractivity contribution < 1.29 is 26.3 Å². The Hall–Kier alpha value is -5.28. The third-order valence-electron chi connectivity index (χ3n) is 5.89. The molecule has 4 aromatic heterocycles. The van der Waals surface area contributed by atoms with Gasteiger partial charge in [-0.3, -0.25) is 9.59 Å². The molecule has 42 heavy (non-hydrogen) atoms. The summed E-state index contributed by atoms with van der Waals surface area (Å²) in [6.45, 7) is 0.654. The molecule has 0 spiro atoms. The molecule has 0 saturated carbocycles. The van der Waals surface area contributed by atoms with Crippen molar-refractivity contribution in [1.82, 2.24) is 39.0 Å². The number of hydrogen-bond acceptors (Lipinski definition) is 6. The summed E-state index contributed by atoms with van der Waals surface area (Å²) < 4.78 is 78.4. The van der Waals surface area contributed by atoms with Gasteiger partial charge < -0.3 is 19.1 Å². The highest BCUT2D eigenvalue weighted by Gasteiger charge is 2.36. The summed E-state index contributed by atoms with van der Waals surface area (Å²) in [6.07, 6.45) is -6.81. The van der Waals surface area contributed by atoms with E-state index in [4.69, 9.17) is 0 Å². The molecule has 0 unspecified atom stereocenters. The minimum atomic E-state index is -4.71. The number of nitrogens with zero attached hydrogens (tertiary/aromatic N) is 6. The van der Waals surface area contributed by atoms with Gasteiger partial charge >= 0.3 is 12.4 Å². The normalized spacial score (nSPS) is 12.0. The van der Waals surface area contributed by atoms with Crippen molar-refractivity contribution in [3.8, 4) is 0 Å². The fourth-order valence-electron chi connectivity index (χ4n) is 4.04. The van der Waals surface area contributed by atoms with Gasteiger partial charge in [0.05, 0.1) is 12.7 Å². The van der Waals surface area contributed by atoms with E-state index in [1.165, 1.54) is 21.8 Å². The van der Waals surface area contributed by atoms with Gasteiger partial charge in [0.2, 0.25) is 11.6 Å². The Labute approximate surface area is 230 Å². The number of nitrogens with one attached hydrogen (secondary N) is 2. The van der Waals surface area contributed by atoms with Gasteiger partial charge in [-0.05, 0) is 11.1 Å². The lowest BCUT2D eigenvalue weighted by Gasteiger charge is -2.06. The Morgan fingerprint density at radius 2 is 0.952 bits per heavy atom. The first-order valence-corrected chi connectivity index (χ1v) is 12.0. The van der Waals surface area contributed by atoms with Crippen molar-refractivity contribution in [2.24, 2.45) is 0 Å². The minimum Gasteiger partial charge on any atom is -0.320 e. The van der Waals surface area contributed by atoms with Gasteiger partial charge in [-0.1, -0.05) is 60.7 Å². The van der Waals surface area contributed by atoms with Crippen LogP contribution in [0.5, 0.6) is 0 Å². The van der Waals surface area contributed by atoms with E-state index in [9.17, 15) is 35.9 Å². The van der Waals surface area contributed by atoms with Gasteiger partial charge in [-0.2, -0.15) is 26.3 Å². The van der Waals surface area contributed by atoms with Crippen LogP contribution < -0.4 is 11.1 Å². The number of aromatic nitrogens is 8. The fraction of sp³-hybridized carbons (Fsp3) is 0.154. The Balaban J connectivity index is 0.000000168. The molecule has 216 valence electrons. The largest absolute Gasteiger partial charge is 0.449 e. The van der Waals surface area contributed by atoms with E-state index in [0.717, 1.165) is 11.1 Å². The molecule has 10 nitrogen and oxygen atoms in total. The van der Waals surface area contributed by atoms with Crippen LogP contribution in [0, 0.1) is 0 Å². The van der Waals surface area contributed by atoms with E-state index in [-0.39, 0.29) is 22.3 Å². The lowest BCUT2D eigenvalue weighted by molar-refractivity contribution is -0.145. The zero-order chi connectivity index (χ0) is 30.1. The molecule has 0 aliphatic rings. The van der Waals surface area contributed by atoms with Crippen molar-refractivity contribution in [2.45, 2.75) is 25.4 Å². The predicted molar refractivity (Wildman–Crippen MR) is 137 cm³/mol. The second-order valence-corrected chi connectivity index (χ2v) is 8.89. The molecule has 0 aliphatic carbocycles. The highest BCUT2D eigenvalue weighted by Crippen LogP contribution is 2.26. The van der Waals surface area contributed by atoms with Crippen LogP contribution in [0.15, 0.2) is 82.9 Å². The lowest BCUT2D eigenvalue weighted by Crippen LogP contribution is -2.20. The van der Waals surface area contributed by atoms with E-state index < -0.39 is 35.1 Å². The minimum absolute atomic E-state index is 0.0202. The average molecular weight is 588 g/mol. The lowest BCUT2D eigenvalue weighted by atomic mass is 10.2. The molecular formula is C26H18F6N8O2. The third kappa shape index (κ3) is 6.06. The standard InChI is InChI=1S/2C13H9F3N4O/c2*14-13(15,16)12-18-10-9(11(21)19-12)20(7-17-10)6-8-4-2-1-3-5-8/h2*1-5,7H,6H2,(H,18,19,21). The fourth-order valence-corrected chi connectivity index (χ4v) is 4.04. The highest BCUT2D eigenvalue weighted by atomic mass is 19.4. The maximum absolute atomic E-state index is 12.6. The first-order chi connectivity index (χ1) is 19.9. The van der Waals surface area contributed by atoms with E-state index in [2.05, 4.69) is 19.9 Å². The number of fused-ring (bicyclic) bond motifs is 2. The number of aromatic amines is 2. The second kappa shape index (κ2) is 10.9. The van der Waals surface area contributed by atoms with Crippen LogP contribution in [0.4, 0.5) is 26.3 Å². The Kier molecular flexibility index (Phi) is 7.36. The molecule has 0 radical (unpaired) electrons. The van der Waals surface area contributed by atoms with E-state index in [0.29, 0.717) is 13.1 Å². The molecule has 6 aromatic rings. The number of alkyl halides is 6. The average Bonchev–Trinajstić information content (AvgIpc) is 3.54. The molecule has 2 aromatic carbocycles. The predicted octanol–water partition coefficient (Wildman–Crippen LogP) is 4.37. The third-order valence-corrected chi connectivity index (χ3v) is 5.89. The smallest absolute Gasteiger partial charge is 0.320 e. The van der Waals surface area contributed by atoms with Crippen molar-refractivity contribution in [3.05, 3.63) is 117 Å². The second-order valence-electron chi connectivity index (χ2n) is 8.89. The first kappa shape index (κ1) is 28.3. The molecule has 0 amide bonds. The zero-order valence-electron chi connectivity index (χ0n) is 21.1. The number of imidazole rings is 2. The highest BCUT2D eigenvalue weighted by molar-refractivity contribution is 5.70. The number of H-pyrrole nitrogens is 2. The monoisotopic (exact) mass is 588 g/mol. The van der Waals surface area contributed by atoms with Crippen molar-refractivity contribution in [3.63, 3.8) is 0 Å². The summed E-state index contributed by atoms with van der Waals surface area (Å²) in [5.74, 6) is -2.69. The SMILES string of the molecule is O=c1[nH]c(C(F)(F)F)nc2ncn(Cc3ccccc3)c12.O=c1[nH]c(C(F)(F)F)nc2ncn(Cc3ccccc3)c12. The Bertz CT molecular complexity index is 1820. The summed E-state index contributed by atoms with van der Waals surface area (Å²) in [5, 5.41) is 0. The Morgan fingerprint density at radius 1 is 0.595 bits per heavy atom. The molecule has 4 heterocycles. The van der Waals surface area contributed by atoms with Crippen LogP contribution in [-0.2, 0) is 25.4 Å². The number of halogens is 6. The van der Waals surface area contributed by atoms with Crippen molar-refractivity contribution >= 4 is 22.3 Å². The van der Waals surface area contributed by atoms with Crippen LogP contribution in [0.2, 0.25) is 0 Å². The molecule has 0 bridgehead atoms. The molecule has 0 atom stereocenters. The van der Waals surface area contributed by atoms with Crippen molar-refractivity contribution in [2.75, 3.05) is 0 Å². The van der Waals surface area contributed by atoms with Gasteiger partial charge in [0.1, 0.15) is 0 Å². The summed E-state index contributed by atoms with van der Waals surface area (Å²) in [4.78, 5) is 41.5. The van der Waals surface area contributed by atoms with Crippen LogP contribution in [0.1, 0.15) is 22.8 Å². The number of hydrogen-bond donors (Lipinski definition) is 2. The van der Waals surface area contributed by atoms with Crippen LogP contribution in [0.3, 0.4) is 0 Å². The van der Waals surface area contributed by atoms with Gasteiger partial charge in [-0.25, -0.2) is 19.9 Å². The molecule has 0 aliphatic heterocycles. The number of rotatable bonds is 4. The molecule has 6 rings (SSSR count). The quantitative estimate of drug-likeness (QED) is 0.295. The van der Waals surface area contributed by atoms with E-state index in [1.54, 1.807) is 9.97 Å². The molecule has 16 heteroatoms. The van der Waals surface area contributed by atoms with Gasteiger partial charge in [0, 0.05) is 13.1 Å². The zero-order valence-corrected chi connectivity index (χ0v) is 21.1. The molecule has 0 saturated heterocycles. The van der Waals surface area contributed by atoms with Crippen LogP contribution >= 0.6 is 0 Å². The maximum Gasteiger partial charge on any atom is 0.449 e. The number of benzene rings is 2. The molecule has 2 N–H and O–H groups in total. The summed E-state index contributed by atoms with van der Waals surface area (Å²) in [7, 11) is 0. The first-order valence-electron chi connectivity index (χ1n) is 12.0. The summed E-state index contributed by atoms with van der Waals surface area (Å²) >= 11 is 0.